The van der Waals surface area contributed by atoms with E-state index in [-0.39, 0.29) is 48.8 Å². The zero-order chi connectivity index (χ0) is 24.9. The van der Waals surface area contributed by atoms with E-state index in [9.17, 15) is 9.59 Å². The van der Waals surface area contributed by atoms with Gasteiger partial charge in [0.2, 0.25) is 0 Å². The first-order chi connectivity index (χ1) is 16.2. The van der Waals surface area contributed by atoms with E-state index in [2.05, 4.69) is 12.1 Å². The number of carbonyl (C=O) groups is 2. The smallest absolute Gasteiger partial charge is 0.587 e. The van der Waals surface area contributed by atoms with Crippen molar-refractivity contribution in [3.63, 3.8) is 0 Å². The molecule has 2 N–H and O–H groups in total. The van der Waals surface area contributed by atoms with E-state index in [1.807, 2.05) is 39.0 Å². The normalized spacial score (nSPS) is 31.7. The standard InChI is InChI=1S/C20H28BNO5.C4H11BO2/c1-3-15(2)21-22(12-19(23)26-21,13-20(24)27-21)17-10-7-11-18(17)25-14-16-8-5-4-6-9-16;1-3-4(2)5(6)7/h4-6,8-9,15,17-18H,3,7,10-14H2,1-2H3;4,6-7H,3H2,1-2H3/t15?,17-,18-,21?,22?;4-/m00/s1. The lowest BCUT2D eigenvalue weighted by Crippen LogP contribution is -2.70. The topological polar surface area (TPSA) is 102 Å². The van der Waals surface area contributed by atoms with E-state index >= 15 is 0 Å². The van der Waals surface area contributed by atoms with Gasteiger partial charge in [0.05, 0.1) is 12.6 Å². The fourth-order valence-electron chi connectivity index (χ4n) is 5.69. The van der Waals surface area contributed by atoms with Gasteiger partial charge in [0.25, 0.3) is 0 Å². The summed E-state index contributed by atoms with van der Waals surface area (Å²) in [6, 6.07) is 10.2. The van der Waals surface area contributed by atoms with Crippen molar-refractivity contribution in [2.45, 2.75) is 90.2 Å². The lowest BCUT2D eigenvalue weighted by molar-refractivity contribution is -0.846. The van der Waals surface area contributed by atoms with Crippen LogP contribution in [-0.2, 0) is 30.2 Å². The van der Waals surface area contributed by atoms with Crippen LogP contribution in [0.4, 0.5) is 0 Å². The Morgan fingerprint density at radius 3 is 2.18 bits per heavy atom. The first kappa shape index (κ1) is 26.7. The third-order valence-electron chi connectivity index (χ3n) is 8.07. The molecular formula is C24H39B2NO7. The molecule has 2 heterocycles. The van der Waals surface area contributed by atoms with Crippen LogP contribution in [0.25, 0.3) is 0 Å². The minimum Gasteiger partial charge on any atom is -0.600 e. The predicted octanol–water partition coefficient (Wildman–Crippen LogP) is 3.05. The second-order valence-electron chi connectivity index (χ2n) is 10.1. The Bertz CT molecular complexity index is 818. The molecule has 8 nitrogen and oxygen atoms in total. The molecule has 10 heteroatoms. The zero-order valence-electron chi connectivity index (χ0n) is 20.9. The lowest BCUT2D eigenvalue weighted by atomic mass is 9.54. The molecule has 2 aliphatic heterocycles. The van der Waals surface area contributed by atoms with Gasteiger partial charge in [-0.2, -0.15) is 0 Å². The number of rotatable bonds is 8. The Morgan fingerprint density at radius 2 is 1.68 bits per heavy atom. The number of benzene rings is 1. The summed E-state index contributed by atoms with van der Waals surface area (Å²) in [5.41, 5.74) is 1.13. The van der Waals surface area contributed by atoms with Crippen LogP contribution < -0.4 is 0 Å². The van der Waals surface area contributed by atoms with E-state index in [1.165, 1.54) is 0 Å². The van der Waals surface area contributed by atoms with Crippen molar-refractivity contribution in [3.8, 4) is 0 Å². The molecule has 1 aliphatic carbocycles. The predicted molar refractivity (Wildman–Crippen MR) is 130 cm³/mol. The van der Waals surface area contributed by atoms with Crippen molar-refractivity contribution in [1.29, 1.82) is 0 Å². The van der Waals surface area contributed by atoms with Crippen LogP contribution in [0.5, 0.6) is 0 Å². The van der Waals surface area contributed by atoms with Crippen LogP contribution >= 0.6 is 0 Å². The summed E-state index contributed by atoms with van der Waals surface area (Å²) in [5, 5.41) is 16.8. The maximum atomic E-state index is 12.4. The van der Waals surface area contributed by atoms with Crippen LogP contribution in [0.1, 0.15) is 65.4 Å². The molecule has 3 fully saturated rings. The minimum absolute atomic E-state index is 0.000452. The fraction of sp³-hybridized carbons (Fsp3) is 0.667. The summed E-state index contributed by atoms with van der Waals surface area (Å²) >= 11 is 0. The average molecular weight is 475 g/mol. The second-order valence-corrected chi connectivity index (χ2v) is 10.1. The number of hydrogen-bond acceptors (Lipinski definition) is 7. The quantitative estimate of drug-likeness (QED) is 0.558. The molecule has 1 unspecified atom stereocenters. The summed E-state index contributed by atoms with van der Waals surface area (Å²) in [7, 11) is -1.13. The molecule has 1 saturated carbocycles. The largest absolute Gasteiger partial charge is 0.600 e. The Hall–Kier alpha value is -1.87. The molecule has 1 aromatic rings. The monoisotopic (exact) mass is 475 g/mol. The minimum atomic E-state index is -2.02. The van der Waals surface area contributed by atoms with Gasteiger partial charge in [0.1, 0.15) is 19.2 Å². The molecule has 2 saturated heterocycles. The van der Waals surface area contributed by atoms with Gasteiger partial charge in [0.15, 0.2) is 0 Å². The van der Waals surface area contributed by atoms with Gasteiger partial charge in [-0.25, -0.2) is 0 Å². The van der Waals surface area contributed by atoms with Gasteiger partial charge in [0, 0.05) is 0 Å². The molecule has 0 aromatic heterocycles. The van der Waals surface area contributed by atoms with E-state index in [0.29, 0.717) is 11.0 Å². The van der Waals surface area contributed by atoms with E-state index in [4.69, 9.17) is 24.1 Å². The van der Waals surface area contributed by atoms with Crippen LogP contribution in [0, 0.1) is 0 Å². The van der Waals surface area contributed by atoms with Gasteiger partial charge in [-0.3, -0.25) is 9.59 Å². The highest BCUT2D eigenvalue weighted by Gasteiger charge is 2.72. The van der Waals surface area contributed by atoms with Crippen molar-refractivity contribution < 1.29 is 38.1 Å². The Balaban J connectivity index is 0.000000406. The maximum absolute atomic E-state index is 12.4. The number of ether oxygens (including phenoxy) is 1. The summed E-state index contributed by atoms with van der Waals surface area (Å²) in [5.74, 6) is -0.494. The Labute approximate surface area is 203 Å². The highest BCUT2D eigenvalue weighted by atomic mass is 16.7. The van der Waals surface area contributed by atoms with Crippen molar-refractivity contribution >= 4 is 25.7 Å². The Kier molecular flexibility index (Phi) is 8.84. The molecule has 0 spiro atoms. The van der Waals surface area contributed by atoms with Crippen molar-refractivity contribution in [3.05, 3.63) is 35.9 Å². The number of nitrogens with zero attached hydrogens (tertiary/aromatic N) is 1. The van der Waals surface area contributed by atoms with Crippen LogP contribution in [0.3, 0.4) is 0 Å². The summed E-state index contributed by atoms with van der Waals surface area (Å²) < 4.78 is 18.3. The molecule has 0 radical (unpaired) electrons. The number of quaternary nitrogens is 1. The highest BCUT2D eigenvalue weighted by Crippen LogP contribution is 2.49. The summed E-state index contributed by atoms with van der Waals surface area (Å²) in [6.07, 6.45) is 4.50. The molecule has 1 aromatic carbocycles. The van der Waals surface area contributed by atoms with E-state index in [0.717, 1.165) is 37.7 Å². The van der Waals surface area contributed by atoms with Crippen LogP contribution in [0.15, 0.2) is 30.3 Å². The van der Waals surface area contributed by atoms with Gasteiger partial charge < -0.3 is 28.5 Å². The number of hydrogen-bond donors (Lipinski definition) is 2. The van der Waals surface area contributed by atoms with Gasteiger partial charge in [-0.15, -0.1) is 0 Å². The third kappa shape index (κ3) is 5.20. The fourth-order valence-corrected chi connectivity index (χ4v) is 5.69. The second kappa shape index (κ2) is 11.2. The summed E-state index contributed by atoms with van der Waals surface area (Å²) in [4.78, 5) is 24.8. The van der Waals surface area contributed by atoms with Crippen molar-refractivity contribution in [2.75, 3.05) is 13.1 Å². The zero-order valence-corrected chi connectivity index (χ0v) is 20.9. The van der Waals surface area contributed by atoms with Crippen molar-refractivity contribution in [2.24, 2.45) is 0 Å². The molecule has 4 atom stereocenters. The molecule has 188 valence electrons. The molecule has 0 amide bonds. The Morgan fingerprint density at radius 1 is 1.06 bits per heavy atom. The SMILES string of the molecule is CCC(C)[B-]12OC(=O)C[N+]1([C@H]1CCC[C@@H]1OCc1ccccc1)CC(=O)O2.CC[C@H](C)B(O)O. The van der Waals surface area contributed by atoms with E-state index in [1.54, 1.807) is 6.92 Å². The highest BCUT2D eigenvalue weighted by molar-refractivity contribution is 6.67. The van der Waals surface area contributed by atoms with Gasteiger partial charge in [-0.1, -0.05) is 70.9 Å². The molecule has 4 rings (SSSR count). The molecular weight excluding hydrogens is 436 g/mol. The van der Waals surface area contributed by atoms with Gasteiger partial charge in [-0.05, 0) is 36.5 Å². The third-order valence-corrected chi connectivity index (χ3v) is 8.07. The maximum Gasteiger partial charge on any atom is 0.587 e. The average Bonchev–Trinajstić information content (AvgIpc) is 3.47. The number of fused-ring (bicyclic) bond motifs is 1. The first-order valence-corrected chi connectivity index (χ1v) is 12.7. The van der Waals surface area contributed by atoms with Crippen LogP contribution in [-0.4, -0.2) is 65.4 Å². The number of carbonyl (C=O) groups excluding carboxylic acids is 2. The molecule has 3 aliphatic rings. The van der Waals surface area contributed by atoms with Gasteiger partial charge >= 0.3 is 25.7 Å². The molecule has 34 heavy (non-hydrogen) atoms. The van der Waals surface area contributed by atoms with Crippen LogP contribution in [0.2, 0.25) is 11.6 Å². The lowest BCUT2D eigenvalue weighted by Gasteiger charge is -2.51. The van der Waals surface area contributed by atoms with E-state index < -0.39 is 13.8 Å². The summed E-state index contributed by atoms with van der Waals surface area (Å²) in [6.45, 7) is 6.74. The van der Waals surface area contributed by atoms with Crippen molar-refractivity contribution in [1.82, 2.24) is 0 Å². The molecule has 0 bridgehead atoms. The first-order valence-electron chi connectivity index (χ1n) is 12.7.